The van der Waals surface area contributed by atoms with Crippen LogP contribution in [0.4, 0.5) is 0 Å². The van der Waals surface area contributed by atoms with Gasteiger partial charge in [-0.15, -0.1) is 0 Å². The lowest BCUT2D eigenvalue weighted by Crippen LogP contribution is -2.03. The van der Waals surface area contributed by atoms with Gasteiger partial charge in [-0.25, -0.2) is 14.8 Å². The zero-order chi connectivity index (χ0) is 14.3. The normalized spacial score (nSPS) is 10.9. The van der Waals surface area contributed by atoms with Crippen molar-refractivity contribution in [3.8, 4) is 11.6 Å². The fraction of sp³-hybridized carbons (Fsp3) is 0.214. The van der Waals surface area contributed by atoms with Crippen LogP contribution in [0, 0.1) is 6.92 Å². The summed E-state index contributed by atoms with van der Waals surface area (Å²) in [5.74, 6) is 0.787. The molecule has 0 aliphatic carbocycles. The average Bonchev–Trinajstić information content (AvgIpc) is 3.00. The molecule has 0 saturated heterocycles. The zero-order valence-electron chi connectivity index (χ0n) is 11.5. The molecule has 20 heavy (non-hydrogen) atoms. The summed E-state index contributed by atoms with van der Waals surface area (Å²) in [6.07, 6.45) is 0. The van der Waals surface area contributed by atoms with Crippen LogP contribution in [0.5, 0.6) is 0 Å². The van der Waals surface area contributed by atoms with Crippen molar-refractivity contribution >= 4 is 17.0 Å². The molecule has 3 aromatic rings. The Kier molecular flexibility index (Phi) is 2.78. The van der Waals surface area contributed by atoms with E-state index in [1.54, 1.807) is 6.92 Å². The smallest absolute Gasteiger partial charge is 0.358 e. The lowest BCUT2D eigenvalue weighted by Gasteiger charge is -1.98. The molecule has 0 spiro atoms. The Morgan fingerprint density at radius 1 is 1.30 bits per heavy atom. The summed E-state index contributed by atoms with van der Waals surface area (Å²) < 4.78 is 6.65. The van der Waals surface area contributed by atoms with Crippen LogP contribution in [-0.4, -0.2) is 32.6 Å². The fourth-order valence-corrected chi connectivity index (χ4v) is 2.22. The number of hydrogen-bond donors (Lipinski definition) is 1. The molecule has 0 aliphatic heterocycles. The number of rotatable bonds is 2. The number of nitrogens with one attached hydrogen (secondary N) is 1. The van der Waals surface area contributed by atoms with Crippen LogP contribution in [0.3, 0.4) is 0 Å². The largest absolute Gasteiger partial charge is 0.464 e. The number of nitrogens with zero attached hydrogens (tertiary/aromatic N) is 3. The molecule has 1 N–H and O–H groups in total. The van der Waals surface area contributed by atoms with E-state index in [9.17, 15) is 4.79 Å². The number of aryl methyl sites for hydroxylation is 2. The second-order valence-corrected chi connectivity index (χ2v) is 4.53. The minimum atomic E-state index is -0.455. The number of fused-ring (bicyclic) bond motifs is 1. The monoisotopic (exact) mass is 270 g/mol. The molecular formula is C14H14N4O2. The van der Waals surface area contributed by atoms with Crippen molar-refractivity contribution in [1.29, 1.82) is 0 Å². The summed E-state index contributed by atoms with van der Waals surface area (Å²) >= 11 is 0. The van der Waals surface area contributed by atoms with Crippen molar-refractivity contribution in [2.45, 2.75) is 6.92 Å². The Bertz CT molecular complexity index is 801. The number of H-pyrrole nitrogens is 1. The van der Waals surface area contributed by atoms with Crippen LogP contribution >= 0.6 is 0 Å². The van der Waals surface area contributed by atoms with Crippen LogP contribution in [-0.2, 0) is 11.8 Å². The van der Waals surface area contributed by atoms with Gasteiger partial charge in [-0.3, -0.25) is 0 Å². The number of esters is 1. The third-order valence-electron chi connectivity index (χ3n) is 3.26. The van der Waals surface area contributed by atoms with Gasteiger partial charge >= 0.3 is 5.97 Å². The van der Waals surface area contributed by atoms with E-state index in [4.69, 9.17) is 4.74 Å². The summed E-state index contributed by atoms with van der Waals surface area (Å²) in [6, 6.07) is 7.83. The maximum atomic E-state index is 11.6. The van der Waals surface area contributed by atoms with Gasteiger partial charge in [0, 0.05) is 12.7 Å². The number of carbonyl (C=O) groups is 1. The number of aromatic amines is 1. The summed E-state index contributed by atoms with van der Waals surface area (Å²) in [4.78, 5) is 23.5. The molecule has 0 unspecified atom stereocenters. The molecule has 6 nitrogen and oxygen atoms in total. The van der Waals surface area contributed by atoms with Crippen molar-refractivity contribution < 1.29 is 9.53 Å². The number of methoxy groups -OCH3 is 1. The highest BCUT2D eigenvalue weighted by Gasteiger charge is 2.19. The zero-order valence-corrected chi connectivity index (χ0v) is 11.5. The molecule has 0 bridgehead atoms. The average molecular weight is 270 g/mol. The van der Waals surface area contributed by atoms with Crippen LogP contribution < -0.4 is 0 Å². The maximum Gasteiger partial charge on any atom is 0.358 e. The minimum absolute atomic E-state index is 0.287. The Balaban J connectivity index is 2.16. The van der Waals surface area contributed by atoms with Crippen LogP contribution in [0.25, 0.3) is 22.7 Å². The molecule has 0 saturated carbocycles. The topological polar surface area (TPSA) is 72.8 Å². The molecule has 0 fully saturated rings. The molecule has 6 heteroatoms. The van der Waals surface area contributed by atoms with Crippen molar-refractivity contribution in [2.24, 2.45) is 7.05 Å². The molecule has 0 amide bonds. The molecule has 1 aromatic carbocycles. The van der Waals surface area contributed by atoms with Crippen molar-refractivity contribution in [3.63, 3.8) is 0 Å². The first-order valence-corrected chi connectivity index (χ1v) is 6.18. The molecule has 0 radical (unpaired) electrons. The van der Waals surface area contributed by atoms with Crippen LogP contribution in [0.15, 0.2) is 24.3 Å². The molecule has 0 atom stereocenters. The molecule has 2 aromatic heterocycles. The minimum Gasteiger partial charge on any atom is -0.464 e. The number of carbonyl (C=O) groups excluding carboxylic acids is 1. The maximum absolute atomic E-state index is 11.6. The highest BCUT2D eigenvalue weighted by molar-refractivity contribution is 5.89. The first kappa shape index (κ1) is 12.4. The number of benzene rings is 1. The molecule has 2 heterocycles. The Labute approximate surface area is 115 Å². The van der Waals surface area contributed by atoms with Gasteiger partial charge in [0.05, 0.1) is 18.1 Å². The molecule has 102 valence electrons. The molecule has 3 rings (SSSR count). The number of para-hydroxylation sites is 2. The third-order valence-corrected chi connectivity index (χ3v) is 3.26. The number of aromatic nitrogens is 4. The highest BCUT2D eigenvalue weighted by Crippen LogP contribution is 2.22. The summed E-state index contributed by atoms with van der Waals surface area (Å²) in [5, 5.41) is 0. The Hall–Kier alpha value is -2.63. The van der Waals surface area contributed by atoms with E-state index in [0.29, 0.717) is 17.3 Å². The molecule has 0 aliphatic rings. The summed E-state index contributed by atoms with van der Waals surface area (Å²) in [5.41, 5.74) is 2.85. The summed E-state index contributed by atoms with van der Waals surface area (Å²) in [7, 11) is 3.26. The number of ether oxygens (including phenoxy) is 1. The van der Waals surface area contributed by atoms with Crippen molar-refractivity contribution in [3.05, 3.63) is 35.7 Å². The second-order valence-electron chi connectivity index (χ2n) is 4.53. The van der Waals surface area contributed by atoms with E-state index in [1.165, 1.54) is 7.11 Å². The van der Waals surface area contributed by atoms with Gasteiger partial charge in [0.2, 0.25) is 0 Å². The standard InChI is InChI=1S/C14H14N4O2/c1-8-11(14(19)20-3)17-12(15-8)13-16-9-6-4-5-7-10(9)18(13)2/h4-7H,1-3H3,(H,15,17). The predicted molar refractivity (Wildman–Crippen MR) is 74.4 cm³/mol. The van der Waals surface area contributed by atoms with Gasteiger partial charge in [-0.1, -0.05) is 12.1 Å². The van der Waals surface area contributed by atoms with E-state index in [2.05, 4.69) is 15.0 Å². The lowest BCUT2D eigenvalue weighted by molar-refractivity contribution is 0.0594. The van der Waals surface area contributed by atoms with Gasteiger partial charge in [0.25, 0.3) is 0 Å². The quantitative estimate of drug-likeness (QED) is 0.723. The van der Waals surface area contributed by atoms with Crippen LogP contribution in [0.2, 0.25) is 0 Å². The van der Waals surface area contributed by atoms with E-state index >= 15 is 0 Å². The highest BCUT2D eigenvalue weighted by atomic mass is 16.5. The van der Waals surface area contributed by atoms with Crippen molar-refractivity contribution in [1.82, 2.24) is 19.5 Å². The summed E-state index contributed by atoms with van der Waals surface area (Å²) in [6.45, 7) is 1.78. The SMILES string of the molecule is COC(=O)c1nc(-c2nc3ccccc3n2C)[nH]c1C. The van der Waals surface area contributed by atoms with Crippen LogP contribution in [0.1, 0.15) is 16.2 Å². The van der Waals surface area contributed by atoms with Gasteiger partial charge in [0.15, 0.2) is 17.3 Å². The third kappa shape index (κ3) is 1.77. The van der Waals surface area contributed by atoms with E-state index in [-0.39, 0.29) is 5.69 Å². The first-order valence-electron chi connectivity index (χ1n) is 6.18. The van der Waals surface area contributed by atoms with E-state index in [1.807, 2.05) is 35.9 Å². The Morgan fingerprint density at radius 3 is 2.75 bits per heavy atom. The fourth-order valence-electron chi connectivity index (χ4n) is 2.22. The van der Waals surface area contributed by atoms with Gasteiger partial charge < -0.3 is 14.3 Å². The lowest BCUT2D eigenvalue weighted by atomic mass is 10.3. The van der Waals surface area contributed by atoms with E-state index < -0.39 is 5.97 Å². The van der Waals surface area contributed by atoms with Gasteiger partial charge in [-0.05, 0) is 19.1 Å². The Morgan fingerprint density at radius 2 is 2.05 bits per heavy atom. The van der Waals surface area contributed by atoms with E-state index in [0.717, 1.165) is 11.0 Å². The van der Waals surface area contributed by atoms with Gasteiger partial charge in [0.1, 0.15) is 0 Å². The second kappa shape index (κ2) is 4.48. The predicted octanol–water partition coefficient (Wildman–Crippen LogP) is 2.06. The van der Waals surface area contributed by atoms with Crippen molar-refractivity contribution in [2.75, 3.05) is 7.11 Å². The van der Waals surface area contributed by atoms with Gasteiger partial charge in [-0.2, -0.15) is 0 Å². The first-order chi connectivity index (χ1) is 9.61. The number of hydrogen-bond acceptors (Lipinski definition) is 4. The number of imidazole rings is 2. The molecular weight excluding hydrogens is 256 g/mol.